The summed E-state index contributed by atoms with van der Waals surface area (Å²) < 4.78 is 40.8. The lowest BCUT2D eigenvalue weighted by molar-refractivity contribution is -0.275. The number of phenolic OH excluding ortho intramolecular Hbond substituents is 1. The number of phenols is 1. The maximum absolute atomic E-state index is 12.3. The summed E-state index contributed by atoms with van der Waals surface area (Å²) in [6.45, 7) is 3.78. The molecule has 2 rings (SSSR count). The molecule has 1 aromatic heterocycles. The SMILES string of the molecule is CCCc1nc(C)cc(-c2ccc(O)c(OC(F)(F)F)c2)n1. The predicted octanol–water partition coefficient (Wildman–Crippen LogP) is 4.01. The number of aromatic nitrogens is 2. The fourth-order valence-corrected chi connectivity index (χ4v) is 1.99. The van der Waals surface area contributed by atoms with Crippen LogP contribution in [-0.2, 0) is 6.42 Å². The van der Waals surface area contributed by atoms with Crippen molar-refractivity contribution in [3.63, 3.8) is 0 Å². The van der Waals surface area contributed by atoms with Gasteiger partial charge in [-0.3, -0.25) is 0 Å². The van der Waals surface area contributed by atoms with Gasteiger partial charge in [-0.2, -0.15) is 0 Å². The fourth-order valence-electron chi connectivity index (χ4n) is 1.99. The van der Waals surface area contributed by atoms with E-state index in [0.717, 1.165) is 24.2 Å². The number of aromatic hydroxyl groups is 1. The molecule has 0 amide bonds. The zero-order chi connectivity index (χ0) is 16.3. The smallest absolute Gasteiger partial charge is 0.504 e. The molecule has 0 fully saturated rings. The van der Waals surface area contributed by atoms with Crippen molar-refractivity contribution in [2.45, 2.75) is 33.1 Å². The van der Waals surface area contributed by atoms with Crippen molar-refractivity contribution in [3.05, 3.63) is 35.8 Å². The Kier molecular flexibility index (Phi) is 4.54. The average Bonchev–Trinajstić information content (AvgIpc) is 2.39. The van der Waals surface area contributed by atoms with Gasteiger partial charge in [0, 0.05) is 17.7 Å². The second kappa shape index (κ2) is 6.21. The Hall–Kier alpha value is -2.31. The third kappa shape index (κ3) is 4.09. The minimum absolute atomic E-state index is 0.417. The Balaban J connectivity index is 2.42. The Morgan fingerprint density at radius 3 is 2.55 bits per heavy atom. The highest BCUT2D eigenvalue weighted by molar-refractivity contribution is 5.64. The van der Waals surface area contributed by atoms with E-state index in [1.165, 1.54) is 6.07 Å². The van der Waals surface area contributed by atoms with E-state index < -0.39 is 17.9 Å². The number of nitrogens with zero attached hydrogens (tertiary/aromatic N) is 2. The minimum Gasteiger partial charge on any atom is -0.504 e. The molecule has 22 heavy (non-hydrogen) atoms. The van der Waals surface area contributed by atoms with Crippen LogP contribution in [0.1, 0.15) is 24.9 Å². The molecule has 0 radical (unpaired) electrons. The highest BCUT2D eigenvalue weighted by Crippen LogP contribution is 2.34. The van der Waals surface area contributed by atoms with Crippen LogP contribution in [0.3, 0.4) is 0 Å². The maximum atomic E-state index is 12.3. The Labute approximate surface area is 125 Å². The maximum Gasteiger partial charge on any atom is 0.573 e. The summed E-state index contributed by atoms with van der Waals surface area (Å²) in [6.07, 6.45) is -3.33. The lowest BCUT2D eigenvalue weighted by Gasteiger charge is -2.12. The molecule has 0 bridgehead atoms. The van der Waals surface area contributed by atoms with E-state index in [1.54, 1.807) is 13.0 Å². The molecule has 0 saturated heterocycles. The van der Waals surface area contributed by atoms with Crippen molar-refractivity contribution >= 4 is 0 Å². The Morgan fingerprint density at radius 1 is 1.18 bits per heavy atom. The number of ether oxygens (including phenoxy) is 1. The van der Waals surface area contributed by atoms with Gasteiger partial charge >= 0.3 is 6.36 Å². The van der Waals surface area contributed by atoms with Crippen LogP contribution in [0.4, 0.5) is 13.2 Å². The summed E-state index contributed by atoms with van der Waals surface area (Å²) >= 11 is 0. The average molecular weight is 312 g/mol. The van der Waals surface area contributed by atoms with E-state index in [9.17, 15) is 18.3 Å². The van der Waals surface area contributed by atoms with Crippen molar-refractivity contribution in [3.8, 4) is 22.8 Å². The van der Waals surface area contributed by atoms with E-state index in [1.807, 2.05) is 6.92 Å². The minimum atomic E-state index is -4.87. The van der Waals surface area contributed by atoms with E-state index in [4.69, 9.17) is 0 Å². The molecule has 0 spiro atoms. The summed E-state index contributed by atoms with van der Waals surface area (Å²) in [4.78, 5) is 8.61. The molecule has 7 heteroatoms. The van der Waals surface area contributed by atoms with Crippen LogP contribution >= 0.6 is 0 Å². The summed E-state index contributed by atoms with van der Waals surface area (Å²) in [7, 11) is 0. The van der Waals surface area contributed by atoms with Crippen LogP contribution in [-0.4, -0.2) is 21.4 Å². The second-order valence-corrected chi connectivity index (χ2v) is 4.79. The van der Waals surface area contributed by atoms with Gasteiger partial charge in [0.2, 0.25) is 0 Å². The summed E-state index contributed by atoms with van der Waals surface area (Å²) in [5.74, 6) is -0.609. The fraction of sp³-hybridized carbons (Fsp3) is 0.333. The van der Waals surface area contributed by atoms with Gasteiger partial charge in [-0.15, -0.1) is 13.2 Å². The Bertz CT molecular complexity index is 672. The van der Waals surface area contributed by atoms with Crippen molar-refractivity contribution < 1.29 is 23.0 Å². The van der Waals surface area contributed by atoms with Crippen LogP contribution in [0.5, 0.6) is 11.5 Å². The van der Waals surface area contributed by atoms with E-state index in [0.29, 0.717) is 23.5 Å². The molecular weight excluding hydrogens is 297 g/mol. The van der Waals surface area contributed by atoms with E-state index in [-0.39, 0.29) is 0 Å². The van der Waals surface area contributed by atoms with Gasteiger partial charge in [0.25, 0.3) is 0 Å². The molecule has 0 aliphatic rings. The highest BCUT2D eigenvalue weighted by Gasteiger charge is 2.32. The standard InChI is InChI=1S/C15H15F3N2O2/c1-3-4-14-19-9(2)7-11(20-14)10-5-6-12(21)13(8-10)22-15(16,17)18/h5-8,21H,3-4H2,1-2H3. The van der Waals surface area contributed by atoms with Gasteiger partial charge in [0.1, 0.15) is 5.82 Å². The molecular formula is C15H15F3N2O2. The van der Waals surface area contributed by atoms with Crippen molar-refractivity contribution in [1.82, 2.24) is 9.97 Å². The van der Waals surface area contributed by atoms with Gasteiger partial charge in [0.15, 0.2) is 11.5 Å². The molecule has 1 heterocycles. The molecule has 1 N–H and O–H groups in total. The first-order valence-corrected chi connectivity index (χ1v) is 6.72. The van der Waals surface area contributed by atoms with Crippen molar-refractivity contribution in [2.75, 3.05) is 0 Å². The van der Waals surface area contributed by atoms with Crippen LogP contribution in [0.15, 0.2) is 24.3 Å². The largest absolute Gasteiger partial charge is 0.573 e. The van der Waals surface area contributed by atoms with Crippen LogP contribution in [0.25, 0.3) is 11.3 Å². The third-order valence-electron chi connectivity index (χ3n) is 2.86. The number of hydrogen-bond donors (Lipinski definition) is 1. The van der Waals surface area contributed by atoms with Gasteiger partial charge in [-0.1, -0.05) is 6.92 Å². The van der Waals surface area contributed by atoms with Crippen molar-refractivity contribution in [2.24, 2.45) is 0 Å². The van der Waals surface area contributed by atoms with Crippen molar-refractivity contribution in [1.29, 1.82) is 0 Å². The molecule has 2 aromatic rings. The predicted molar refractivity (Wildman–Crippen MR) is 74.5 cm³/mol. The molecule has 4 nitrogen and oxygen atoms in total. The van der Waals surface area contributed by atoms with Gasteiger partial charge in [-0.05, 0) is 37.6 Å². The quantitative estimate of drug-likeness (QED) is 0.927. The van der Waals surface area contributed by atoms with Gasteiger partial charge in [-0.25, -0.2) is 9.97 Å². The number of aryl methyl sites for hydroxylation is 2. The lowest BCUT2D eigenvalue weighted by Crippen LogP contribution is -2.17. The molecule has 1 aromatic carbocycles. The molecule has 0 unspecified atom stereocenters. The molecule has 118 valence electrons. The number of alkyl halides is 3. The first-order chi connectivity index (χ1) is 10.3. The summed E-state index contributed by atoms with van der Waals surface area (Å²) in [5.41, 5.74) is 1.63. The number of halogens is 3. The number of hydrogen-bond acceptors (Lipinski definition) is 4. The first kappa shape index (κ1) is 16.1. The summed E-state index contributed by atoms with van der Waals surface area (Å²) in [5, 5.41) is 9.48. The lowest BCUT2D eigenvalue weighted by atomic mass is 10.1. The molecule has 0 aliphatic carbocycles. The monoisotopic (exact) mass is 312 g/mol. The first-order valence-electron chi connectivity index (χ1n) is 6.72. The zero-order valence-corrected chi connectivity index (χ0v) is 12.1. The normalized spacial score (nSPS) is 11.5. The van der Waals surface area contributed by atoms with Crippen LogP contribution < -0.4 is 4.74 Å². The van der Waals surface area contributed by atoms with Gasteiger partial charge < -0.3 is 9.84 Å². The molecule has 0 atom stereocenters. The highest BCUT2D eigenvalue weighted by atomic mass is 19.4. The van der Waals surface area contributed by atoms with Crippen LogP contribution in [0.2, 0.25) is 0 Å². The molecule has 0 aliphatic heterocycles. The summed E-state index contributed by atoms with van der Waals surface area (Å²) in [6, 6.07) is 5.41. The number of benzene rings is 1. The zero-order valence-electron chi connectivity index (χ0n) is 12.1. The second-order valence-electron chi connectivity index (χ2n) is 4.79. The third-order valence-corrected chi connectivity index (χ3v) is 2.86. The van der Waals surface area contributed by atoms with Crippen LogP contribution in [0, 0.1) is 6.92 Å². The topological polar surface area (TPSA) is 55.2 Å². The molecule has 0 saturated carbocycles. The van der Waals surface area contributed by atoms with E-state index in [2.05, 4.69) is 14.7 Å². The van der Waals surface area contributed by atoms with E-state index >= 15 is 0 Å². The number of rotatable bonds is 4. The Morgan fingerprint density at radius 2 is 1.91 bits per heavy atom. The van der Waals surface area contributed by atoms with Gasteiger partial charge in [0.05, 0.1) is 5.69 Å².